The van der Waals surface area contributed by atoms with Crippen LogP contribution in [0.25, 0.3) is 0 Å². The van der Waals surface area contributed by atoms with Crippen LogP contribution in [-0.2, 0) is 20.9 Å². The van der Waals surface area contributed by atoms with Crippen LogP contribution >= 0.6 is 0 Å². The van der Waals surface area contributed by atoms with E-state index < -0.39 is 17.9 Å². The molecule has 4 nitrogen and oxygen atoms in total. The van der Waals surface area contributed by atoms with Crippen LogP contribution in [0.4, 0.5) is 0 Å². The Hall–Kier alpha value is -2.88. The fourth-order valence-electron chi connectivity index (χ4n) is 2.03. The highest BCUT2D eigenvalue weighted by Crippen LogP contribution is 2.21. The number of ketones is 1. The molecule has 0 heterocycles. The molecule has 1 unspecified atom stereocenters. The molecule has 0 bridgehead atoms. The van der Waals surface area contributed by atoms with Crippen molar-refractivity contribution in [1.29, 1.82) is 0 Å². The summed E-state index contributed by atoms with van der Waals surface area (Å²) in [5.74, 6) is -0.872. The maximum absolute atomic E-state index is 11.6. The van der Waals surface area contributed by atoms with Crippen LogP contribution in [0.3, 0.4) is 0 Å². The van der Waals surface area contributed by atoms with E-state index in [1.807, 2.05) is 54.6 Å². The van der Waals surface area contributed by atoms with Crippen LogP contribution in [0.5, 0.6) is 5.75 Å². The van der Waals surface area contributed by atoms with Gasteiger partial charge in [0.05, 0.1) is 0 Å². The van der Waals surface area contributed by atoms with Crippen molar-refractivity contribution in [1.82, 2.24) is 0 Å². The number of benzene rings is 2. The number of carbonyl (C=O) groups excluding carboxylic acids is 2. The van der Waals surface area contributed by atoms with Crippen LogP contribution in [-0.4, -0.2) is 11.8 Å². The maximum atomic E-state index is 11.6. The van der Waals surface area contributed by atoms with Gasteiger partial charge in [-0.15, -0.1) is 0 Å². The average Bonchev–Trinajstić information content (AvgIpc) is 2.60. The van der Waals surface area contributed by atoms with Gasteiger partial charge in [-0.25, -0.2) is 4.79 Å². The van der Waals surface area contributed by atoms with E-state index in [2.05, 4.69) is 6.58 Å². The lowest BCUT2D eigenvalue weighted by molar-refractivity contribution is -0.156. The molecule has 0 N–H and O–H groups in total. The Balaban J connectivity index is 1.92. The second kappa shape index (κ2) is 8.11. The number of Topliss-reactive ketones (excluding diaryl/α,β-unsaturated/α-hetero) is 1. The molecule has 0 aromatic heterocycles. The highest BCUT2D eigenvalue weighted by Gasteiger charge is 2.19. The van der Waals surface area contributed by atoms with Crippen LogP contribution in [0.1, 0.15) is 31.1 Å². The van der Waals surface area contributed by atoms with E-state index in [0.29, 0.717) is 6.61 Å². The predicted octanol–water partition coefficient (Wildman–Crippen LogP) is 4.02. The van der Waals surface area contributed by atoms with Crippen molar-refractivity contribution in [2.45, 2.75) is 26.6 Å². The summed E-state index contributed by atoms with van der Waals surface area (Å²) in [5.41, 5.74) is 2.03. The monoisotopic (exact) mass is 324 g/mol. The average molecular weight is 324 g/mol. The van der Waals surface area contributed by atoms with E-state index >= 15 is 0 Å². The topological polar surface area (TPSA) is 52.6 Å². The van der Waals surface area contributed by atoms with Gasteiger partial charge in [0.1, 0.15) is 18.5 Å². The lowest BCUT2D eigenvalue weighted by Gasteiger charge is -2.14. The van der Waals surface area contributed by atoms with E-state index in [1.165, 1.54) is 6.92 Å². The molecule has 124 valence electrons. The molecular weight excluding hydrogens is 304 g/mol. The number of esters is 1. The van der Waals surface area contributed by atoms with Crippen molar-refractivity contribution in [3.63, 3.8) is 0 Å². The fraction of sp³-hybridized carbons (Fsp3) is 0.200. The van der Waals surface area contributed by atoms with E-state index in [1.54, 1.807) is 6.92 Å². The van der Waals surface area contributed by atoms with Crippen molar-refractivity contribution in [3.05, 3.63) is 77.9 Å². The van der Waals surface area contributed by atoms with E-state index in [-0.39, 0.29) is 5.57 Å². The van der Waals surface area contributed by atoms with Crippen LogP contribution in [0, 0.1) is 0 Å². The highest BCUT2D eigenvalue weighted by atomic mass is 16.5. The Labute approximate surface area is 141 Å². The lowest BCUT2D eigenvalue weighted by atomic mass is 10.1. The molecule has 4 heteroatoms. The smallest absolute Gasteiger partial charge is 0.379 e. The van der Waals surface area contributed by atoms with Crippen molar-refractivity contribution in [2.75, 3.05) is 0 Å². The van der Waals surface area contributed by atoms with Gasteiger partial charge in [0.25, 0.3) is 5.78 Å². The van der Waals surface area contributed by atoms with Crippen molar-refractivity contribution < 1.29 is 19.1 Å². The molecule has 0 aliphatic heterocycles. The molecule has 0 amide bonds. The van der Waals surface area contributed by atoms with Crippen molar-refractivity contribution in [2.24, 2.45) is 0 Å². The molecule has 0 radical (unpaired) electrons. The van der Waals surface area contributed by atoms with Gasteiger partial charge in [-0.1, -0.05) is 49.0 Å². The number of hydrogen-bond acceptors (Lipinski definition) is 4. The summed E-state index contributed by atoms with van der Waals surface area (Å²) in [6.45, 7) is 7.12. The molecule has 2 rings (SSSR count). The van der Waals surface area contributed by atoms with Gasteiger partial charge in [-0.3, -0.25) is 4.79 Å². The molecule has 0 aliphatic rings. The first kappa shape index (κ1) is 17.5. The summed E-state index contributed by atoms with van der Waals surface area (Å²) in [6.07, 6.45) is -0.524. The van der Waals surface area contributed by atoms with Crippen LogP contribution in [0.15, 0.2) is 66.7 Å². The predicted molar refractivity (Wildman–Crippen MR) is 91.5 cm³/mol. The zero-order chi connectivity index (χ0) is 17.5. The molecular formula is C20H20O4. The van der Waals surface area contributed by atoms with Crippen molar-refractivity contribution in [3.8, 4) is 5.75 Å². The summed E-state index contributed by atoms with van der Waals surface area (Å²) in [5, 5.41) is 0. The van der Waals surface area contributed by atoms with E-state index in [9.17, 15) is 9.59 Å². The van der Waals surface area contributed by atoms with Gasteiger partial charge in [-0.05, 0) is 42.7 Å². The molecule has 1 atom stereocenters. The van der Waals surface area contributed by atoms with Crippen LogP contribution < -0.4 is 4.74 Å². The summed E-state index contributed by atoms with van der Waals surface area (Å²) >= 11 is 0. The second-order valence-corrected chi connectivity index (χ2v) is 5.50. The summed E-state index contributed by atoms with van der Waals surface area (Å²) in [4.78, 5) is 23.1. The number of rotatable bonds is 7. The van der Waals surface area contributed by atoms with Crippen molar-refractivity contribution >= 4 is 11.8 Å². The van der Waals surface area contributed by atoms with Gasteiger partial charge in [-0.2, -0.15) is 0 Å². The Morgan fingerprint density at radius 3 is 2.25 bits per heavy atom. The maximum Gasteiger partial charge on any atom is 0.379 e. The van der Waals surface area contributed by atoms with Gasteiger partial charge in [0.2, 0.25) is 0 Å². The minimum Gasteiger partial charge on any atom is -0.489 e. The van der Waals surface area contributed by atoms with E-state index in [0.717, 1.165) is 16.9 Å². The standard InChI is InChI=1S/C20H20O4/c1-14(2)19(21)20(22)24-15(3)17-9-11-18(12-10-17)23-13-16-7-5-4-6-8-16/h4-12,15H,1,13H2,2-3H3. The molecule has 2 aromatic rings. The third kappa shape index (κ3) is 4.81. The summed E-state index contributed by atoms with van der Waals surface area (Å²) in [6, 6.07) is 17.1. The zero-order valence-corrected chi connectivity index (χ0v) is 13.8. The summed E-state index contributed by atoms with van der Waals surface area (Å²) < 4.78 is 10.8. The summed E-state index contributed by atoms with van der Waals surface area (Å²) in [7, 11) is 0. The minimum atomic E-state index is -0.889. The SMILES string of the molecule is C=C(C)C(=O)C(=O)OC(C)c1ccc(OCc2ccccc2)cc1. The molecule has 24 heavy (non-hydrogen) atoms. The largest absolute Gasteiger partial charge is 0.489 e. The molecule has 0 spiro atoms. The molecule has 0 saturated carbocycles. The number of carbonyl (C=O) groups is 2. The van der Waals surface area contributed by atoms with Gasteiger partial charge < -0.3 is 9.47 Å². The second-order valence-electron chi connectivity index (χ2n) is 5.50. The Morgan fingerprint density at radius 1 is 1.04 bits per heavy atom. The number of ether oxygens (including phenoxy) is 2. The molecule has 0 fully saturated rings. The van der Waals surface area contributed by atoms with Crippen LogP contribution in [0.2, 0.25) is 0 Å². The molecule has 2 aromatic carbocycles. The lowest BCUT2D eigenvalue weighted by Crippen LogP contribution is -2.19. The quantitative estimate of drug-likeness (QED) is 0.438. The minimum absolute atomic E-state index is 0.164. The normalized spacial score (nSPS) is 11.4. The first-order valence-corrected chi connectivity index (χ1v) is 7.65. The first-order chi connectivity index (χ1) is 11.5. The molecule has 0 saturated heterocycles. The first-order valence-electron chi connectivity index (χ1n) is 7.65. The Bertz CT molecular complexity index is 717. The zero-order valence-electron chi connectivity index (χ0n) is 13.8. The highest BCUT2D eigenvalue weighted by molar-refractivity contribution is 6.40. The molecule has 0 aliphatic carbocycles. The van der Waals surface area contributed by atoms with Gasteiger partial charge >= 0.3 is 5.97 Å². The Morgan fingerprint density at radius 2 is 1.67 bits per heavy atom. The third-order valence-electron chi connectivity index (χ3n) is 3.45. The third-order valence-corrected chi connectivity index (χ3v) is 3.45. The van der Waals surface area contributed by atoms with Gasteiger partial charge in [0.15, 0.2) is 0 Å². The number of hydrogen-bond donors (Lipinski definition) is 0. The fourth-order valence-corrected chi connectivity index (χ4v) is 2.03. The van der Waals surface area contributed by atoms with Gasteiger partial charge in [0, 0.05) is 0 Å². The van der Waals surface area contributed by atoms with E-state index in [4.69, 9.17) is 9.47 Å². The Kier molecular flexibility index (Phi) is 5.90.